The molecule has 0 bridgehead atoms. The molecule has 2 heteroatoms. The van der Waals surface area contributed by atoms with Crippen LogP contribution in [0.4, 0.5) is 0 Å². The SMILES string of the molecule is C=C(C)C(CCO)c1ccc(Cl)cc1. The van der Waals surface area contributed by atoms with Crippen molar-refractivity contribution in [1.29, 1.82) is 0 Å². The Morgan fingerprint density at radius 2 is 2.00 bits per heavy atom. The number of halogens is 1. The van der Waals surface area contributed by atoms with Gasteiger partial charge in [0.25, 0.3) is 0 Å². The molecule has 0 aromatic heterocycles. The van der Waals surface area contributed by atoms with Crippen LogP contribution in [0.25, 0.3) is 0 Å². The smallest absolute Gasteiger partial charge is 0.0439 e. The van der Waals surface area contributed by atoms with Gasteiger partial charge in [0.15, 0.2) is 0 Å². The maximum absolute atomic E-state index is 8.93. The highest BCUT2D eigenvalue weighted by Gasteiger charge is 2.10. The fourth-order valence-electron chi connectivity index (χ4n) is 1.52. The van der Waals surface area contributed by atoms with Crippen molar-refractivity contribution in [1.82, 2.24) is 0 Å². The van der Waals surface area contributed by atoms with Gasteiger partial charge in [-0.05, 0) is 31.0 Å². The van der Waals surface area contributed by atoms with Crippen LogP contribution in [-0.2, 0) is 0 Å². The molecule has 0 radical (unpaired) electrons. The van der Waals surface area contributed by atoms with Gasteiger partial charge in [-0.1, -0.05) is 35.9 Å². The van der Waals surface area contributed by atoms with E-state index in [4.69, 9.17) is 16.7 Å². The Balaban J connectivity index is 2.87. The van der Waals surface area contributed by atoms with E-state index in [0.717, 1.165) is 22.6 Å². The molecule has 0 fully saturated rings. The lowest BCUT2D eigenvalue weighted by Crippen LogP contribution is -2.02. The number of rotatable bonds is 4. The van der Waals surface area contributed by atoms with Gasteiger partial charge in [-0.15, -0.1) is 0 Å². The minimum Gasteiger partial charge on any atom is -0.396 e. The molecule has 0 amide bonds. The predicted molar refractivity (Wildman–Crippen MR) is 60.7 cm³/mol. The van der Waals surface area contributed by atoms with Gasteiger partial charge in [-0.25, -0.2) is 0 Å². The highest BCUT2D eigenvalue weighted by atomic mass is 35.5. The summed E-state index contributed by atoms with van der Waals surface area (Å²) in [5.41, 5.74) is 2.23. The van der Waals surface area contributed by atoms with Crippen molar-refractivity contribution < 1.29 is 5.11 Å². The second kappa shape index (κ2) is 5.18. The van der Waals surface area contributed by atoms with E-state index in [1.807, 2.05) is 31.2 Å². The minimum atomic E-state index is 0.181. The number of aliphatic hydroxyl groups excluding tert-OH is 1. The summed E-state index contributed by atoms with van der Waals surface area (Å²) in [6.45, 7) is 6.09. The zero-order valence-corrected chi connectivity index (χ0v) is 9.09. The van der Waals surface area contributed by atoms with Gasteiger partial charge in [-0.3, -0.25) is 0 Å². The van der Waals surface area contributed by atoms with Crippen molar-refractivity contribution in [3.63, 3.8) is 0 Å². The van der Waals surface area contributed by atoms with Gasteiger partial charge >= 0.3 is 0 Å². The topological polar surface area (TPSA) is 20.2 Å². The molecule has 0 spiro atoms. The maximum Gasteiger partial charge on any atom is 0.0439 e. The molecule has 0 saturated heterocycles. The number of hydrogen-bond donors (Lipinski definition) is 1. The average Bonchev–Trinajstić information content (AvgIpc) is 2.15. The van der Waals surface area contributed by atoms with E-state index in [9.17, 15) is 0 Å². The van der Waals surface area contributed by atoms with Crippen LogP contribution in [0.5, 0.6) is 0 Å². The van der Waals surface area contributed by atoms with Gasteiger partial charge in [0.1, 0.15) is 0 Å². The van der Waals surface area contributed by atoms with Crippen molar-refractivity contribution in [3.05, 3.63) is 47.0 Å². The van der Waals surface area contributed by atoms with Crippen LogP contribution in [-0.4, -0.2) is 11.7 Å². The summed E-state index contributed by atoms with van der Waals surface area (Å²) in [5, 5.41) is 9.67. The Hall–Kier alpha value is -0.790. The summed E-state index contributed by atoms with van der Waals surface area (Å²) in [6.07, 6.45) is 0.719. The molecule has 1 nitrogen and oxygen atoms in total. The van der Waals surface area contributed by atoms with E-state index in [-0.39, 0.29) is 12.5 Å². The zero-order chi connectivity index (χ0) is 10.6. The third-order valence-corrected chi connectivity index (χ3v) is 2.54. The molecule has 1 aromatic rings. The molecular formula is C12H15ClO. The lowest BCUT2D eigenvalue weighted by atomic mass is 9.90. The van der Waals surface area contributed by atoms with Crippen LogP contribution in [0.3, 0.4) is 0 Å². The molecule has 0 heterocycles. The van der Waals surface area contributed by atoms with E-state index in [0.29, 0.717) is 0 Å². The van der Waals surface area contributed by atoms with Crippen molar-refractivity contribution in [3.8, 4) is 0 Å². The number of aliphatic hydroxyl groups is 1. The van der Waals surface area contributed by atoms with Gasteiger partial charge in [-0.2, -0.15) is 0 Å². The Bertz CT molecular complexity index is 303. The number of benzene rings is 1. The molecule has 0 aliphatic heterocycles. The second-order valence-electron chi connectivity index (χ2n) is 3.46. The summed E-state index contributed by atoms with van der Waals surface area (Å²) in [4.78, 5) is 0. The molecule has 14 heavy (non-hydrogen) atoms. The van der Waals surface area contributed by atoms with E-state index in [2.05, 4.69) is 6.58 Å². The monoisotopic (exact) mass is 210 g/mol. The lowest BCUT2D eigenvalue weighted by Gasteiger charge is -2.16. The van der Waals surface area contributed by atoms with Crippen LogP contribution >= 0.6 is 11.6 Å². The molecular weight excluding hydrogens is 196 g/mol. The number of hydrogen-bond acceptors (Lipinski definition) is 1. The summed E-state index contributed by atoms with van der Waals surface area (Å²) in [5.74, 6) is 0.234. The van der Waals surface area contributed by atoms with Gasteiger partial charge in [0, 0.05) is 17.5 Å². The molecule has 1 unspecified atom stereocenters. The third-order valence-electron chi connectivity index (χ3n) is 2.29. The first-order valence-corrected chi connectivity index (χ1v) is 5.04. The van der Waals surface area contributed by atoms with Crippen LogP contribution in [0.1, 0.15) is 24.8 Å². The Kier molecular flexibility index (Phi) is 4.18. The zero-order valence-electron chi connectivity index (χ0n) is 8.33. The summed E-state index contributed by atoms with van der Waals surface area (Å²) in [7, 11) is 0. The van der Waals surface area contributed by atoms with Crippen LogP contribution in [0.15, 0.2) is 36.4 Å². The first-order chi connectivity index (χ1) is 6.65. The normalized spacial score (nSPS) is 12.5. The molecule has 1 N–H and O–H groups in total. The summed E-state index contributed by atoms with van der Waals surface area (Å²) >= 11 is 5.80. The Labute approximate surface area is 90.0 Å². The predicted octanol–water partition coefficient (Wildman–Crippen LogP) is 3.38. The standard InChI is InChI=1S/C12H15ClO/c1-9(2)12(7-8-14)10-3-5-11(13)6-4-10/h3-6,12,14H,1,7-8H2,2H3. The van der Waals surface area contributed by atoms with E-state index >= 15 is 0 Å². The third kappa shape index (κ3) is 2.86. The van der Waals surface area contributed by atoms with Crippen molar-refractivity contribution in [2.24, 2.45) is 0 Å². The van der Waals surface area contributed by atoms with Crippen molar-refractivity contribution in [2.75, 3.05) is 6.61 Å². The Morgan fingerprint density at radius 3 is 2.43 bits per heavy atom. The maximum atomic E-state index is 8.93. The highest BCUT2D eigenvalue weighted by Crippen LogP contribution is 2.27. The van der Waals surface area contributed by atoms with Crippen LogP contribution in [0, 0.1) is 0 Å². The summed E-state index contributed by atoms with van der Waals surface area (Å²) < 4.78 is 0. The summed E-state index contributed by atoms with van der Waals surface area (Å²) in [6, 6.07) is 7.70. The molecule has 0 aliphatic carbocycles. The largest absolute Gasteiger partial charge is 0.396 e. The lowest BCUT2D eigenvalue weighted by molar-refractivity contribution is 0.281. The first-order valence-electron chi connectivity index (χ1n) is 4.67. The van der Waals surface area contributed by atoms with Gasteiger partial charge in [0.05, 0.1) is 0 Å². The van der Waals surface area contributed by atoms with Crippen molar-refractivity contribution in [2.45, 2.75) is 19.3 Å². The quantitative estimate of drug-likeness (QED) is 0.756. The van der Waals surface area contributed by atoms with E-state index < -0.39 is 0 Å². The first kappa shape index (κ1) is 11.3. The molecule has 1 rings (SSSR count). The van der Waals surface area contributed by atoms with Gasteiger partial charge in [0.2, 0.25) is 0 Å². The van der Waals surface area contributed by atoms with Gasteiger partial charge < -0.3 is 5.11 Å². The van der Waals surface area contributed by atoms with Crippen LogP contribution < -0.4 is 0 Å². The molecule has 0 saturated carbocycles. The molecule has 1 aromatic carbocycles. The fraction of sp³-hybridized carbons (Fsp3) is 0.333. The van der Waals surface area contributed by atoms with E-state index in [1.165, 1.54) is 0 Å². The van der Waals surface area contributed by atoms with E-state index in [1.54, 1.807) is 0 Å². The number of allylic oxidation sites excluding steroid dienone is 1. The van der Waals surface area contributed by atoms with Crippen molar-refractivity contribution >= 4 is 11.6 Å². The minimum absolute atomic E-state index is 0.181. The van der Waals surface area contributed by atoms with Crippen LogP contribution in [0.2, 0.25) is 5.02 Å². The molecule has 1 atom stereocenters. The average molecular weight is 211 g/mol. The molecule has 76 valence electrons. The molecule has 0 aliphatic rings. The highest BCUT2D eigenvalue weighted by molar-refractivity contribution is 6.30. The second-order valence-corrected chi connectivity index (χ2v) is 3.90. The fourth-order valence-corrected chi connectivity index (χ4v) is 1.65. The Morgan fingerprint density at radius 1 is 1.43 bits per heavy atom.